The quantitative estimate of drug-likeness (QED) is 0.797. The number of hydrogen-bond acceptors (Lipinski definition) is 2. The number of nitrogens with one attached hydrogen (secondary N) is 1. The van der Waals surface area contributed by atoms with Crippen LogP contribution in [-0.2, 0) is 0 Å². The Morgan fingerprint density at radius 2 is 1.90 bits per heavy atom. The van der Waals surface area contributed by atoms with Crippen LogP contribution in [0.4, 0.5) is 5.69 Å². The molecule has 114 valence electrons. The highest BCUT2D eigenvalue weighted by molar-refractivity contribution is 5.96. The lowest BCUT2D eigenvalue weighted by Crippen LogP contribution is -2.45. The van der Waals surface area contributed by atoms with Crippen molar-refractivity contribution in [2.75, 3.05) is 5.32 Å². The van der Waals surface area contributed by atoms with Crippen LogP contribution < -0.4 is 5.32 Å². The molecular formula is C19H27NO. The minimum absolute atomic E-state index is 0.216. The van der Waals surface area contributed by atoms with E-state index in [0.717, 1.165) is 17.2 Å². The Kier molecular flexibility index (Phi) is 3.38. The van der Waals surface area contributed by atoms with Crippen molar-refractivity contribution in [1.82, 2.24) is 0 Å². The molecule has 3 unspecified atom stereocenters. The van der Waals surface area contributed by atoms with Crippen molar-refractivity contribution in [3.8, 4) is 0 Å². The monoisotopic (exact) mass is 285 g/mol. The number of anilines is 1. The third-order valence-corrected chi connectivity index (χ3v) is 6.11. The maximum Gasteiger partial charge on any atom is 0.162 e. The van der Waals surface area contributed by atoms with Crippen LogP contribution in [0.25, 0.3) is 0 Å². The molecule has 2 aliphatic carbocycles. The van der Waals surface area contributed by atoms with Gasteiger partial charge >= 0.3 is 0 Å². The van der Waals surface area contributed by atoms with E-state index >= 15 is 0 Å². The molecule has 1 aromatic rings. The first kappa shape index (κ1) is 14.6. The number of Topliss-reactive ketones (excluding diaryl/α,β-unsaturated/α-hetero) is 1. The Morgan fingerprint density at radius 3 is 2.43 bits per heavy atom. The fraction of sp³-hybridized carbons (Fsp3) is 0.632. The van der Waals surface area contributed by atoms with Crippen molar-refractivity contribution in [3.63, 3.8) is 0 Å². The number of fused-ring (bicyclic) bond motifs is 2. The molecule has 2 fully saturated rings. The molecule has 0 aliphatic heterocycles. The van der Waals surface area contributed by atoms with Crippen LogP contribution in [0.15, 0.2) is 24.3 Å². The average Bonchev–Trinajstić information content (AvgIpc) is 2.94. The van der Waals surface area contributed by atoms with Crippen LogP contribution in [0.5, 0.6) is 0 Å². The standard InChI is InChI=1S/C19H27NO/c1-5-16(21)13-6-8-15(9-7-13)20-17-18(2,3)14-10-11-19(17,4)12-14/h6-9,14,17,20H,5,10-12H2,1-4H3. The van der Waals surface area contributed by atoms with Gasteiger partial charge in [-0.3, -0.25) is 4.79 Å². The van der Waals surface area contributed by atoms with Crippen LogP contribution in [0.3, 0.4) is 0 Å². The Bertz CT molecular complexity index is 540. The van der Waals surface area contributed by atoms with E-state index < -0.39 is 0 Å². The van der Waals surface area contributed by atoms with Gasteiger partial charge in [0, 0.05) is 23.7 Å². The number of carbonyl (C=O) groups is 1. The summed E-state index contributed by atoms with van der Waals surface area (Å²) in [7, 11) is 0. The van der Waals surface area contributed by atoms with Gasteiger partial charge in [0.25, 0.3) is 0 Å². The summed E-state index contributed by atoms with van der Waals surface area (Å²) in [5, 5.41) is 3.78. The van der Waals surface area contributed by atoms with Gasteiger partial charge in [0.2, 0.25) is 0 Å². The van der Waals surface area contributed by atoms with Gasteiger partial charge in [0.05, 0.1) is 0 Å². The molecule has 2 heteroatoms. The van der Waals surface area contributed by atoms with Crippen molar-refractivity contribution in [1.29, 1.82) is 0 Å². The molecule has 0 aromatic heterocycles. The fourth-order valence-corrected chi connectivity index (χ4v) is 4.79. The molecule has 3 atom stereocenters. The maximum atomic E-state index is 11.7. The summed E-state index contributed by atoms with van der Waals surface area (Å²) >= 11 is 0. The summed E-state index contributed by atoms with van der Waals surface area (Å²) < 4.78 is 0. The molecule has 1 aromatic carbocycles. The molecule has 21 heavy (non-hydrogen) atoms. The van der Waals surface area contributed by atoms with E-state index in [4.69, 9.17) is 0 Å². The minimum Gasteiger partial charge on any atom is -0.381 e. The molecule has 2 saturated carbocycles. The van der Waals surface area contributed by atoms with E-state index in [1.807, 2.05) is 19.1 Å². The summed E-state index contributed by atoms with van der Waals surface area (Å²) in [5.41, 5.74) is 2.74. The van der Waals surface area contributed by atoms with E-state index in [-0.39, 0.29) is 5.78 Å². The van der Waals surface area contributed by atoms with Gasteiger partial charge < -0.3 is 5.32 Å². The van der Waals surface area contributed by atoms with Crippen LogP contribution in [-0.4, -0.2) is 11.8 Å². The summed E-state index contributed by atoms with van der Waals surface area (Å²) in [6.45, 7) is 9.17. The van der Waals surface area contributed by atoms with Crippen LogP contribution in [0, 0.1) is 16.7 Å². The summed E-state index contributed by atoms with van der Waals surface area (Å²) in [4.78, 5) is 11.7. The first-order chi connectivity index (χ1) is 9.87. The maximum absolute atomic E-state index is 11.7. The Labute approximate surface area is 128 Å². The van der Waals surface area contributed by atoms with Gasteiger partial charge in [0.1, 0.15) is 0 Å². The average molecular weight is 285 g/mol. The van der Waals surface area contributed by atoms with Gasteiger partial charge in [-0.15, -0.1) is 0 Å². The first-order valence-corrected chi connectivity index (χ1v) is 8.26. The van der Waals surface area contributed by atoms with Crippen molar-refractivity contribution in [2.24, 2.45) is 16.7 Å². The zero-order valence-corrected chi connectivity index (χ0v) is 13.7. The molecule has 2 bridgehead atoms. The fourth-order valence-electron chi connectivity index (χ4n) is 4.79. The van der Waals surface area contributed by atoms with Gasteiger partial charge in [-0.25, -0.2) is 0 Å². The molecule has 0 heterocycles. The molecule has 1 N–H and O–H groups in total. The lowest BCUT2D eigenvalue weighted by molar-refractivity contribution is 0.0988. The van der Waals surface area contributed by atoms with Gasteiger partial charge in [0.15, 0.2) is 5.78 Å². The number of benzene rings is 1. The SMILES string of the molecule is CCC(=O)c1ccc(NC2C3(C)CCC(C3)C2(C)C)cc1. The highest BCUT2D eigenvalue weighted by Gasteiger charge is 2.59. The summed E-state index contributed by atoms with van der Waals surface area (Å²) in [5.74, 6) is 1.06. The number of hydrogen-bond donors (Lipinski definition) is 1. The number of carbonyl (C=O) groups excluding carboxylic acids is 1. The molecule has 2 nitrogen and oxygen atoms in total. The Morgan fingerprint density at radius 1 is 1.24 bits per heavy atom. The van der Waals surface area contributed by atoms with Crippen LogP contribution >= 0.6 is 0 Å². The zero-order valence-electron chi connectivity index (χ0n) is 13.7. The predicted molar refractivity (Wildman–Crippen MR) is 87.7 cm³/mol. The normalized spacial score (nSPS) is 33.1. The van der Waals surface area contributed by atoms with E-state index in [9.17, 15) is 4.79 Å². The molecule has 0 radical (unpaired) electrons. The minimum atomic E-state index is 0.216. The summed E-state index contributed by atoms with van der Waals surface area (Å²) in [6, 6.07) is 8.56. The van der Waals surface area contributed by atoms with Crippen molar-refractivity contribution in [2.45, 2.75) is 59.4 Å². The van der Waals surface area contributed by atoms with Crippen molar-refractivity contribution in [3.05, 3.63) is 29.8 Å². The molecule has 3 rings (SSSR count). The largest absolute Gasteiger partial charge is 0.381 e. The first-order valence-electron chi connectivity index (χ1n) is 8.26. The molecule has 2 aliphatic rings. The van der Waals surface area contributed by atoms with Crippen molar-refractivity contribution < 1.29 is 4.79 Å². The zero-order chi connectivity index (χ0) is 15.3. The molecule has 0 amide bonds. The topological polar surface area (TPSA) is 29.1 Å². The van der Waals surface area contributed by atoms with E-state index in [0.29, 0.717) is 23.3 Å². The third-order valence-electron chi connectivity index (χ3n) is 6.11. The van der Waals surface area contributed by atoms with Crippen LogP contribution in [0.2, 0.25) is 0 Å². The molecule has 0 saturated heterocycles. The highest BCUT2D eigenvalue weighted by atomic mass is 16.1. The third kappa shape index (κ3) is 2.29. The number of ketones is 1. The second-order valence-electron chi connectivity index (χ2n) is 7.85. The lowest BCUT2D eigenvalue weighted by Gasteiger charge is -2.43. The Hall–Kier alpha value is -1.31. The van der Waals surface area contributed by atoms with Crippen molar-refractivity contribution >= 4 is 11.5 Å². The highest BCUT2D eigenvalue weighted by Crippen LogP contribution is 2.63. The lowest BCUT2D eigenvalue weighted by atomic mass is 9.68. The smallest absolute Gasteiger partial charge is 0.162 e. The van der Waals surface area contributed by atoms with Gasteiger partial charge in [-0.1, -0.05) is 27.7 Å². The van der Waals surface area contributed by atoms with E-state index in [1.54, 1.807) is 0 Å². The second kappa shape index (κ2) is 4.86. The van der Waals surface area contributed by atoms with Gasteiger partial charge in [-0.2, -0.15) is 0 Å². The Balaban J connectivity index is 1.79. The summed E-state index contributed by atoms with van der Waals surface area (Å²) in [6.07, 6.45) is 4.64. The predicted octanol–water partition coefficient (Wildman–Crippen LogP) is 4.91. The second-order valence-corrected chi connectivity index (χ2v) is 7.85. The molecular weight excluding hydrogens is 258 g/mol. The molecule has 0 spiro atoms. The number of rotatable bonds is 4. The van der Waals surface area contributed by atoms with E-state index in [2.05, 4.69) is 38.2 Å². The van der Waals surface area contributed by atoms with E-state index in [1.165, 1.54) is 19.3 Å². The van der Waals surface area contributed by atoms with Crippen LogP contribution in [0.1, 0.15) is 63.7 Å². The van der Waals surface area contributed by atoms with Gasteiger partial charge in [-0.05, 0) is 60.3 Å².